The fourth-order valence-corrected chi connectivity index (χ4v) is 2.99. The predicted molar refractivity (Wildman–Crippen MR) is 94.9 cm³/mol. The van der Waals surface area contributed by atoms with Crippen molar-refractivity contribution in [1.29, 1.82) is 0 Å². The van der Waals surface area contributed by atoms with Crippen molar-refractivity contribution in [2.45, 2.75) is 65.9 Å². The first-order valence-corrected chi connectivity index (χ1v) is 8.67. The largest absolute Gasteiger partial charge is 0.481 e. The molecule has 3 heteroatoms. The third-order valence-corrected chi connectivity index (χ3v) is 4.57. The van der Waals surface area contributed by atoms with Gasteiger partial charge in [-0.3, -0.25) is 4.79 Å². The Morgan fingerprint density at radius 3 is 2.74 bits per heavy atom. The Labute approximate surface area is 140 Å². The third-order valence-electron chi connectivity index (χ3n) is 4.57. The molecule has 1 aromatic rings. The molecule has 23 heavy (non-hydrogen) atoms. The van der Waals surface area contributed by atoms with E-state index in [2.05, 4.69) is 24.4 Å². The van der Waals surface area contributed by atoms with E-state index >= 15 is 0 Å². The fraction of sp³-hybridized carbons (Fsp3) is 0.550. The number of carbonyl (C=O) groups is 1. The smallest absolute Gasteiger partial charge is 0.260 e. The first-order chi connectivity index (χ1) is 11.0. The van der Waals surface area contributed by atoms with Gasteiger partial charge in [0.05, 0.1) is 0 Å². The normalized spacial score (nSPS) is 15.7. The summed E-state index contributed by atoms with van der Waals surface area (Å²) in [5, 5.41) is 2.99. The average molecular weight is 315 g/mol. The highest BCUT2D eigenvalue weighted by molar-refractivity contribution is 5.80. The van der Waals surface area contributed by atoms with Crippen LogP contribution in [0.4, 0.5) is 0 Å². The molecule has 3 nitrogen and oxygen atoms in total. The topological polar surface area (TPSA) is 38.3 Å². The van der Waals surface area contributed by atoms with Gasteiger partial charge in [0.1, 0.15) is 5.75 Å². The van der Waals surface area contributed by atoms with Gasteiger partial charge in [0.2, 0.25) is 0 Å². The SMILES string of the molecule is Cc1cc(C)c(C)c(O[C@@H](C)C(=O)NCCC2=CCCCC2)c1. The van der Waals surface area contributed by atoms with E-state index in [1.54, 1.807) is 0 Å². The van der Waals surface area contributed by atoms with Crippen molar-refractivity contribution in [2.24, 2.45) is 0 Å². The standard InChI is InChI=1S/C20H29NO2/c1-14-12-15(2)16(3)19(13-14)23-17(4)20(22)21-11-10-18-8-6-5-7-9-18/h8,12-13,17H,5-7,9-11H2,1-4H3,(H,21,22)/t17-/m0/s1. The fourth-order valence-electron chi connectivity index (χ4n) is 2.99. The average Bonchev–Trinajstić information content (AvgIpc) is 2.53. The Morgan fingerprint density at radius 1 is 1.26 bits per heavy atom. The zero-order valence-electron chi connectivity index (χ0n) is 14.9. The molecule has 1 aliphatic rings. The van der Waals surface area contributed by atoms with E-state index in [9.17, 15) is 4.79 Å². The van der Waals surface area contributed by atoms with Crippen LogP contribution >= 0.6 is 0 Å². The molecule has 0 heterocycles. The van der Waals surface area contributed by atoms with Crippen molar-refractivity contribution < 1.29 is 9.53 Å². The Kier molecular flexibility index (Phi) is 6.26. The summed E-state index contributed by atoms with van der Waals surface area (Å²) in [6.45, 7) is 8.65. The van der Waals surface area contributed by atoms with Crippen molar-refractivity contribution in [1.82, 2.24) is 5.32 Å². The summed E-state index contributed by atoms with van der Waals surface area (Å²) < 4.78 is 5.88. The molecule has 126 valence electrons. The summed E-state index contributed by atoms with van der Waals surface area (Å²) in [6, 6.07) is 4.13. The Balaban J connectivity index is 1.84. The van der Waals surface area contributed by atoms with E-state index in [1.165, 1.54) is 36.8 Å². The summed E-state index contributed by atoms with van der Waals surface area (Å²) in [6.07, 6.45) is 7.77. The quantitative estimate of drug-likeness (QED) is 0.791. The van der Waals surface area contributed by atoms with Crippen LogP contribution in [0.3, 0.4) is 0 Å². The van der Waals surface area contributed by atoms with Gasteiger partial charge in [-0.15, -0.1) is 0 Å². The van der Waals surface area contributed by atoms with Crippen molar-refractivity contribution >= 4 is 5.91 Å². The van der Waals surface area contributed by atoms with Crippen molar-refractivity contribution in [3.8, 4) is 5.75 Å². The maximum absolute atomic E-state index is 12.2. The van der Waals surface area contributed by atoms with Crippen LogP contribution in [0.5, 0.6) is 5.75 Å². The number of nitrogens with one attached hydrogen (secondary N) is 1. The molecule has 0 fully saturated rings. The van der Waals surface area contributed by atoms with Crippen LogP contribution < -0.4 is 10.1 Å². The lowest BCUT2D eigenvalue weighted by molar-refractivity contribution is -0.127. The van der Waals surface area contributed by atoms with Gasteiger partial charge in [-0.25, -0.2) is 0 Å². The molecule has 0 saturated heterocycles. The van der Waals surface area contributed by atoms with Gasteiger partial charge in [0.25, 0.3) is 5.91 Å². The molecule has 0 spiro atoms. The van der Waals surface area contributed by atoms with Gasteiger partial charge in [-0.2, -0.15) is 0 Å². The first-order valence-electron chi connectivity index (χ1n) is 8.67. The summed E-state index contributed by atoms with van der Waals surface area (Å²) in [5.41, 5.74) is 4.93. The monoisotopic (exact) mass is 315 g/mol. The molecule has 0 radical (unpaired) electrons. The summed E-state index contributed by atoms with van der Waals surface area (Å²) in [7, 11) is 0. The number of rotatable bonds is 6. The maximum Gasteiger partial charge on any atom is 0.260 e. The minimum atomic E-state index is -0.477. The van der Waals surface area contributed by atoms with Gasteiger partial charge >= 0.3 is 0 Å². The number of ether oxygens (including phenoxy) is 1. The number of allylic oxidation sites excluding steroid dienone is 1. The number of hydrogen-bond acceptors (Lipinski definition) is 2. The molecule has 1 aromatic carbocycles. The lowest BCUT2D eigenvalue weighted by atomic mass is 9.97. The van der Waals surface area contributed by atoms with Crippen LogP contribution in [-0.2, 0) is 4.79 Å². The summed E-state index contributed by atoms with van der Waals surface area (Å²) in [5.74, 6) is 0.764. The third kappa shape index (κ3) is 5.12. The molecule has 0 bridgehead atoms. The number of carbonyl (C=O) groups excluding carboxylic acids is 1. The van der Waals surface area contributed by atoms with Crippen LogP contribution in [0.15, 0.2) is 23.8 Å². The minimum absolute atomic E-state index is 0.0417. The first kappa shape index (κ1) is 17.6. The lowest BCUT2D eigenvalue weighted by Gasteiger charge is -2.18. The van der Waals surface area contributed by atoms with Crippen LogP contribution in [0.1, 0.15) is 55.7 Å². The van der Waals surface area contributed by atoms with Crippen LogP contribution in [-0.4, -0.2) is 18.6 Å². The molecular formula is C20H29NO2. The molecule has 0 aliphatic heterocycles. The number of aryl methyl sites for hydroxylation is 2. The second-order valence-electron chi connectivity index (χ2n) is 6.61. The molecule has 0 unspecified atom stereocenters. The lowest BCUT2D eigenvalue weighted by Crippen LogP contribution is -2.37. The Bertz CT molecular complexity index is 590. The molecule has 1 amide bonds. The summed E-state index contributed by atoms with van der Waals surface area (Å²) >= 11 is 0. The van der Waals surface area contributed by atoms with Gasteiger partial charge in [-0.1, -0.05) is 17.7 Å². The van der Waals surface area contributed by atoms with E-state index < -0.39 is 6.10 Å². The second kappa shape index (κ2) is 8.19. The van der Waals surface area contributed by atoms with E-state index in [0.717, 1.165) is 23.3 Å². The zero-order valence-corrected chi connectivity index (χ0v) is 14.9. The number of benzene rings is 1. The van der Waals surface area contributed by atoms with Crippen LogP contribution in [0.2, 0.25) is 0 Å². The molecule has 0 aromatic heterocycles. The highest BCUT2D eigenvalue weighted by Crippen LogP contribution is 2.24. The number of hydrogen-bond donors (Lipinski definition) is 1. The van der Waals surface area contributed by atoms with Crippen molar-refractivity contribution in [3.63, 3.8) is 0 Å². The predicted octanol–water partition coefficient (Wildman–Crippen LogP) is 4.39. The molecule has 1 N–H and O–H groups in total. The molecule has 1 atom stereocenters. The highest BCUT2D eigenvalue weighted by Gasteiger charge is 2.16. The molecule has 1 aliphatic carbocycles. The zero-order chi connectivity index (χ0) is 16.8. The van der Waals surface area contributed by atoms with E-state index in [1.807, 2.05) is 26.8 Å². The second-order valence-corrected chi connectivity index (χ2v) is 6.61. The van der Waals surface area contributed by atoms with Gasteiger partial charge < -0.3 is 10.1 Å². The Morgan fingerprint density at radius 2 is 2.04 bits per heavy atom. The van der Waals surface area contributed by atoms with E-state index in [-0.39, 0.29) is 5.91 Å². The van der Waals surface area contributed by atoms with Crippen LogP contribution in [0, 0.1) is 20.8 Å². The van der Waals surface area contributed by atoms with E-state index in [4.69, 9.17) is 4.74 Å². The molecule has 0 saturated carbocycles. The van der Waals surface area contributed by atoms with Crippen LogP contribution in [0.25, 0.3) is 0 Å². The van der Waals surface area contributed by atoms with Gasteiger partial charge in [0.15, 0.2) is 6.10 Å². The number of amides is 1. The Hall–Kier alpha value is -1.77. The van der Waals surface area contributed by atoms with Crippen molar-refractivity contribution in [2.75, 3.05) is 6.54 Å². The van der Waals surface area contributed by atoms with Gasteiger partial charge in [-0.05, 0) is 82.6 Å². The maximum atomic E-state index is 12.2. The highest BCUT2D eigenvalue weighted by atomic mass is 16.5. The van der Waals surface area contributed by atoms with Crippen molar-refractivity contribution in [3.05, 3.63) is 40.5 Å². The molecule has 2 rings (SSSR count). The van der Waals surface area contributed by atoms with Gasteiger partial charge in [0, 0.05) is 6.54 Å². The molecular weight excluding hydrogens is 286 g/mol. The minimum Gasteiger partial charge on any atom is -0.481 e. The summed E-state index contributed by atoms with van der Waals surface area (Å²) in [4.78, 5) is 12.2. The van der Waals surface area contributed by atoms with E-state index in [0.29, 0.717) is 6.54 Å².